The molecule has 1 N–H and O–H groups in total. The molecule has 0 aromatic heterocycles. The molecule has 2 heterocycles. The van der Waals surface area contributed by atoms with Gasteiger partial charge in [-0.15, -0.1) is 0 Å². The zero-order chi connectivity index (χ0) is 18.6. The minimum absolute atomic E-state index is 0.229. The van der Waals surface area contributed by atoms with Gasteiger partial charge in [0.05, 0.1) is 18.1 Å². The largest absolute Gasteiger partial charge is 0.352 e. The lowest BCUT2D eigenvalue weighted by Crippen LogP contribution is -2.41. The number of sulfonamides is 1. The van der Waals surface area contributed by atoms with Crippen LogP contribution in [0.5, 0.6) is 0 Å². The van der Waals surface area contributed by atoms with Crippen LogP contribution in [0.15, 0.2) is 29.2 Å². The summed E-state index contributed by atoms with van der Waals surface area (Å²) in [4.78, 5) is 12.5. The molecule has 3 rings (SSSR count). The number of ether oxygens (including phenoxy) is 2. The Hall–Kier alpha value is -1.48. The molecule has 2 saturated heterocycles. The van der Waals surface area contributed by atoms with Gasteiger partial charge in [-0.3, -0.25) is 4.79 Å². The molecule has 1 amide bonds. The first-order chi connectivity index (χ1) is 12.4. The average molecular weight is 382 g/mol. The Morgan fingerprint density at radius 1 is 1.12 bits per heavy atom. The maximum Gasteiger partial charge on any atom is 0.251 e. The fourth-order valence-electron chi connectivity index (χ4n) is 3.18. The second kappa shape index (κ2) is 8.04. The van der Waals surface area contributed by atoms with Gasteiger partial charge in [-0.1, -0.05) is 0 Å². The van der Waals surface area contributed by atoms with Gasteiger partial charge in [-0.25, -0.2) is 8.42 Å². The number of nitrogens with zero attached hydrogens (tertiary/aromatic N) is 1. The van der Waals surface area contributed by atoms with E-state index < -0.39 is 15.8 Å². The first-order valence-corrected chi connectivity index (χ1v) is 10.5. The maximum absolute atomic E-state index is 12.5. The Morgan fingerprint density at radius 2 is 1.73 bits per heavy atom. The molecule has 0 saturated carbocycles. The molecule has 2 fully saturated rings. The highest BCUT2D eigenvalue weighted by Gasteiger charge is 2.29. The van der Waals surface area contributed by atoms with Crippen molar-refractivity contribution in [2.75, 3.05) is 32.8 Å². The molecule has 0 aliphatic carbocycles. The van der Waals surface area contributed by atoms with E-state index in [4.69, 9.17) is 9.47 Å². The van der Waals surface area contributed by atoms with Crippen LogP contribution in [0.4, 0.5) is 0 Å². The van der Waals surface area contributed by atoms with Gasteiger partial charge in [0, 0.05) is 31.6 Å². The summed E-state index contributed by atoms with van der Waals surface area (Å²) in [6.07, 6.45) is 3.23. The third-order valence-corrected chi connectivity index (χ3v) is 6.70. The van der Waals surface area contributed by atoms with E-state index in [9.17, 15) is 13.2 Å². The van der Waals surface area contributed by atoms with Crippen LogP contribution in [0.2, 0.25) is 0 Å². The van der Waals surface area contributed by atoms with Crippen molar-refractivity contribution in [3.8, 4) is 0 Å². The standard InChI is InChI=1S/C18H26N2O5S/c1-18(24-13-4-14-25-18)9-10-19-17(21)15-5-7-16(8-6-15)26(22,23)20-11-2-3-12-20/h5-8H,2-4,9-14H2,1H3,(H,19,21). The van der Waals surface area contributed by atoms with Gasteiger partial charge in [0.25, 0.3) is 5.91 Å². The fraction of sp³-hybridized carbons (Fsp3) is 0.611. The van der Waals surface area contributed by atoms with E-state index >= 15 is 0 Å². The molecule has 2 aliphatic rings. The third-order valence-electron chi connectivity index (χ3n) is 4.79. The van der Waals surface area contributed by atoms with E-state index in [1.54, 1.807) is 12.1 Å². The molecule has 8 heteroatoms. The highest BCUT2D eigenvalue weighted by atomic mass is 32.2. The first-order valence-electron chi connectivity index (χ1n) is 9.07. The summed E-state index contributed by atoms with van der Waals surface area (Å²) < 4.78 is 37.7. The molecule has 0 unspecified atom stereocenters. The monoisotopic (exact) mass is 382 g/mol. The predicted octanol–water partition coefficient (Wildman–Crippen LogP) is 1.74. The van der Waals surface area contributed by atoms with Crippen molar-refractivity contribution < 1.29 is 22.7 Å². The van der Waals surface area contributed by atoms with Crippen molar-refractivity contribution in [1.82, 2.24) is 9.62 Å². The Kier molecular flexibility index (Phi) is 5.96. The number of hydrogen-bond donors (Lipinski definition) is 1. The Balaban J connectivity index is 1.55. The maximum atomic E-state index is 12.5. The number of rotatable bonds is 6. The van der Waals surface area contributed by atoms with Crippen molar-refractivity contribution in [3.05, 3.63) is 29.8 Å². The molecule has 1 aromatic rings. The minimum atomic E-state index is -3.45. The lowest BCUT2D eigenvalue weighted by Gasteiger charge is -2.33. The van der Waals surface area contributed by atoms with Gasteiger partial charge in [0.1, 0.15) is 0 Å². The Labute approximate surface area is 154 Å². The molecule has 1 aromatic carbocycles. The zero-order valence-electron chi connectivity index (χ0n) is 15.1. The SMILES string of the molecule is CC1(CCNC(=O)c2ccc(S(=O)(=O)N3CCCC3)cc2)OCCCO1. The van der Waals surface area contributed by atoms with Crippen molar-refractivity contribution in [1.29, 1.82) is 0 Å². The minimum Gasteiger partial charge on any atom is -0.352 e. The molecule has 7 nitrogen and oxygen atoms in total. The number of hydrogen-bond acceptors (Lipinski definition) is 5. The van der Waals surface area contributed by atoms with Crippen LogP contribution in [0.1, 0.15) is 43.0 Å². The summed E-state index contributed by atoms with van der Waals surface area (Å²) in [5.41, 5.74) is 0.431. The van der Waals surface area contributed by atoms with E-state index in [-0.39, 0.29) is 10.8 Å². The molecular formula is C18H26N2O5S. The normalized spacial score (nSPS) is 20.8. The number of amides is 1. The molecule has 0 spiro atoms. The Bertz CT molecular complexity index is 720. The van der Waals surface area contributed by atoms with Crippen LogP contribution in [-0.2, 0) is 19.5 Å². The first kappa shape index (κ1) is 19.3. The third kappa shape index (κ3) is 4.43. The zero-order valence-corrected chi connectivity index (χ0v) is 15.9. The van der Waals surface area contributed by atoms with Gasteiger partial charge in [0.15, 0.2) is 5.79 Å². The smallest absolute Gasteiger partial charge is 0.251 e. The summed E-state index contributed by atoms with van der Waals surface area (Å²) in [6, 6.07) is 6.09. The second-order valence-electron chi connectivity index (χ2n) is 6.83. The quantitative estimate of drug-likeness (QED) is 0.810. The highest BCUT2D eigenvalue weighted by Crippen LogP contribution is 2.22. The fourth-order valence-corrected chi connectivity index (χ4v) is 4.70. The van der Waals surface area contributed by atoms with Gasteiger partial charge in [-0.2, -0.15) is 4.31 Å². The van der Waals surface area contributed by atoms with Crippen molar-refractivity contribution >= 4 is 15.9 Å². The van der Waals surface area contributed by atoms with Crippen LogP contribution in [0, 0.1) is 0 Å². The van der Waals surface area contributed by atoms with E-state index in [2.05, 4.69) is 5.32 Å². The van der Waals surface area contributed by atoms with Gasteiger partial charge in [0.2, 0.25) is 10.0 Å². The van der Waals surface area contributed by atoms with Crippen LogP contribution in [-0.4, -0.2) is 57.3 Å². The predicted molar refractivity (Wildman–Crippen MR) is 96.3 cm³/mol. The molecule has 0 atom stereocenters. The van der Waals surface area contributed by atoms with E-state index in [1.165, 1.54) is 16.4 Å². The highest BCUT2D eigenvalue weighted by molar-refractivity contribution is 7.89. The summed E-state index contributed by atoms with van der Waals surface area (Å²) in [6.45, 7) is 4.75. The number of nitrogens with one attached hydrogen (secondary N) is 1. The lowest BCUT2D eigenvalue weighted by molar-refractivity contribution is -0.257. The second-order valence-corrected chi connectivity index (χ2v) is 8.76. The van der Waals surface area contributed by atoms with Gasteiger partial charge in [-0.05, 0) is 50.5 Å². The van der Waals surface area contributed by atoms with Crippen LogP contribution in [0.3, 0.4) is 0 Å². The molecule has 0 bridgehead atoms. The lowest BCUT2D eigenvalue weighted by atomic mass is 10.2. The van der Waals surface area contributed by atoms with Gasteiger partial charge >= 0.3 is 0 Å². The molecule has 0 radical (unpaired) electrons. The molecule has 144 valence electrons. The molecule has 2 aliphatic heterocycles. The van der Waals surface area contributed by atoms with Crippen molar-refractivity contribution in [2.24, 2.45) is 0 Å². The van der Waals surface area contributed by atoms with Crippen LogP contribution < -0.4 is 5.32 Å². The van der Waals surface area contributed by atoms with E-state index in [0.717, 1.165) is 19.3 Å². The van der Waals surface area contributed by atoms with Crippen LogP contribution in [0.25, 0.3) is 0 Å². The molecule has 26 heavy (non-hydrogen) atoms. The summed E-state index contributed by atoms with van der Waals surface area (Å²) in [7, 11) is -3.45. The summed E-state index contributed by atoms with van der Waals surface area (Å²) >= 11 is 0. The van der Waals surface area contributed by atoms with Crippen molar-refractivity contribution in [2.45, 2.75) is 43.3 Å². The number of benzene rings is 1. The summed E-state index contributed by atoms with van der Waals surface area (Å²) in [5, 5.41) is 2.83. The summed E-state index contributed by atoms with van der Waals surface area (Å²) in [5.74, 6) is -0.895. The topological polar surface area (TPSA) is 84.9 Å². The molecular weight excluding hydrogens is 356 g/mol. The van der Waals surface area contributed by atoms with E-state index in [0.29, 0.717) is 44.8 Å². The number of carbonyl (C=O) groups is 1. The van der Waals surface area contributed by atoms with Gasteiger partial charge < -0.3 is 14.8 Å². The van der Waals surface area contributed by atoms with Crippen molar-refractivity contribution in [3.63, 3.8) is 0 Å². The van der Waals surface area contributed by atoms with Crippen LogP contribution >= 0.6 is 0 Å². The van der Waals surface area contributed by atoms with E-state index in [1.807, 2.05) is 6.92 Å². The number of carbonyl (C=O) groups excluding carboxylic acids is 1. The Morgan fingerprint density at radius 3 is 2.35 bits per heavy atom. The average Bonchev–Trinajstić information content (AvgIpc) is 3.18.